The molecule has 0 radical (unpaired) electrons. The molecule has 0 spiro atoms. The molecule has 1 heterocycles. The van der Waals surface area contributed by atoms with Crippen molar-refractivity contribution in [2.75, 3.05) is 0 Å². The molecule has 1 amide bonds. The summed E-state index contributed by atoms with van der Waals surface area (Å²) in [6.07, 6.45) is 2.98. The second-order valence-electron chi connectivity index (χ2n) is 7.47. The summed E-state index contributed by atoms with van der Waals surface area (Å²) in [6, 6.07) is 14.2. The maximum atomic E-state index is 13.7. The van der Waals surface area contributed by atoms with Gasteiger partial charge in [-0.2, -0.15) is 9.78 Å². The van der Waals surface area contributed by atoms with Crippen molar-refractivity contribution in [3.63, 3.8) is 0 Å². The zero-order chi connectivity index (χ0) is 20.4. The van der Waals surface area contributed by atoms with Crippen LogP contribution in [-0.4, -0.2) is 21.7 Å². The second kappa shape index (κ2) is 8.07. The number of halogens is 1. The molecule has 150 valence electrons. The molecule has 1 aromatic heterocycles. The van der Waals surface area contributed by atoms with E-state index < -0.39 is 0 Å². The van der Waals surface area contributed by atoms with Crippen molar-refractivity contribution in [1.82, 2.24) is 15.1 Å². The Kier molecular flexibility index (Phi) is 5.34. The third-order valence-corrected chi connectivity index (χ3v) is 5.04. The quantitative estimate of drug-likeness (QED) is 0.637. The van der Waals surface area contributed by atoms with E-state index in [-0.39, 0.29) is 11.7 Å². The first kappa shape index (κ1) is 19.2. The van der Waals surface area contributed by atoms with Crippen LogP contribution in [0.4, 0.5) is 4.39 Å². The van der Waals surface area contributed by atoms with Crippen molar-refractivity contribution in [3.8, 4) is 17.3 Å². The minimum absolute atomic E-state index is 0.0345. The molecule has 5 nitrogen and oxygen atoms in total. The van der Waals surface area contributed by atoms with Gasteiger partial charge in [0.1, 0.15) is 11.6 Å². The fourth-order valence-corrected chi connectivity index (χ4v) is 3.30. The highest BCUT2D eigenvalue weighted by Gasteiger charge is 2.24. The Hall–Kier alpha value is -3.15. The summed E-state index contributed by atoms with van der Waals surface area (Å²) in [5.41, 5.74) is 3.56. The molecular weight excluding hydrogens is 369 g/mol. The predicted octanol–water partition coefficient (Wildman–Crippen LogP) is 4.63. The Morgan fingerprint density at radius 2 is 2.00 bits per heavy atom. The normalized spacial score (nSPS) is 13.3. The number of carbonyl (C=O) groups excluding carboxylic acids is 1. The van der Waals surface area contributed by atoms with Gasteiger partial charge in [-0.1, -0.05) is 24.3 Å². The van der Waals surface area contributed by atoms with Crippen molar-refractivity contribution < 1.29 is 13.9 Å². The smallest absolute Gasteiger partial charge is 0.226 e. The van der Waals surface area contributed by atoms with Crippen LogP contribution in [0.5, 0.6) is 11.6 Å². The van der Waals surface area contributed by atoms with Gasteiger partial charge in [-0.3, -0.25) is 4.79 Å². The van der Waals surface area contributed by atoms with Crippen LogP contribution in [0.2, 0.25) is 0 Å². The topological polar surface area (TPSA) is 56.2 Å². The number of nitrogens with zero attached hydrogens (tertiary/aromatic N) is 2. The lowest BCUT2D eigenvalue weighted by Gasteiger charge is -2.13. The molecule has 0 atom stereocenters. The Morgan fingerprint density at radius 3 is 2.72 bits per heavy atom. The standard InChI is InChI=1S/C23H24FN3O2/c1-15-6-3-4-9-21(15)27-23(29-19-8-5-7-17(24)14-19)20(16(2)26-27)12-13-22(28)25-18-10-11-18/h3-9,14,18H,10-13H2,1-2H3,(H,25,28). The van der Waals surface area contributed by atoms with Gasteiger partial charge in [0, 0.05) is 24.1 Å². The summed E-state index contributed by atoms with van der Waals surface area (Å²) >= 11 is 0. The Labute approximate surface area is 169 Å². The molecule has 1 aliphatic carbocycles. The summed E-state index contributed by atoms with van der Waals surface area (Å²) in [4.78, 5) is 12.2. The Bertz CT molecular complexity index is 1040. The van der Waals surface area contributed by atoms with Gasteiger partial charge in [-0.05, 0) is 56.9 Å². The number of hydrogen-bond donors (Lipinski definition) is 1. The summed E-state index contributed by atoms with van der Waals surface area (Å²) in [6.45, 7) is 3.91. The zero-order valence-electron chi connectivity index (χ0n) is 16.6. The molecule has 1 saturated carbocycles. The van der Waals surface area contributed by atoms with Gasteiger partial charge in [-0.15, -0.1) is 0 Å². The van der Waals surface area contributed by atoms with Crippen LogP contribution in [0.15, 0.2) is 48.5 Å². The fourth-order valence-electron chi connectivity index (χ4n) is 3.30. The molecule has 3 aromatic rings. The number of hydrogen-bond acceptors (Lipinski definition) is 3. The largest absolute Gasteiger partial charge is 0.439 e. The number of rotatable bonds is 7. The lowest BCUT2D eigenvalue weighted by molar-refractivity contribution is -0.121. The number of ether oxygens (including phenoxy) is 1. The molecule has 1 aliphatic rings. The molecule has 1 N–H and O–H groups in total. The van der Waals surface area contributed by atoms with E-state index in [9.17, 15) is 9.18 Å². The van der Waals surface area contributed by atoms with Crippen molar-refractivity contribution in [2.45, 2.75) is 45.6 Å². The van der Waals surface area contributed by atoms with Crippen LogP contribution in [0, 0.1) is 19.7 Å². The first-order valence-electron chi connectivity index (χ1n) is 9.88. The average molecular weight is 393 g/mol. The van der Waals surface area contributed by atoms with Gasteiger partial charge >= 0.3 is 0 Å². The summed E-state index contributed by atoms with van der Waals surface area (Å²) in [5.74, 6) is 0.573. The first-order chi connectivity index (χ1) is 14.0. The van der Waals surface area contributed by atoms with Crippen LogP contribution in [0.25, 0.3) is 5.69 Å². The molecule has 6 heteroatoms. The summed E-state index contributed by atoms with van der Waals surface area (Å²) in [7, 11) is 0. The Morgan fingerprint density at radius 1 is 1.21 bits per heavy atom. The second-order valence-corrected chi connectivity index (χ2v) is 7.47. The summed E-state index contributed by atoms with van der Waals surface area (Å²) in [5, 5.41) is 7.69. The first-order valence-corrected chi connectivity index (χ1v) is 9.88. The molecule has 4 rings (SSSR count). The number of para-hydroxylation sites is 1. The van der Waals surface area contributed by atoms with Crippen molar-refractivity contribution in [1.29, 1.82) is 0 Å². The molecule has 2 aromatic carbocycles. The SMILES string of the molecule is Cc1ccccc1-n1nc(C)c(CCC(=O)NC2CC2)c1Oc1cccc(F)c1. The highest BCUT2D eigenvalue weighted by Crippen LogP contribution is 2.32. The van der Waals surface area contributed by atoms with Gasteiger partial charge < -0.3 is 10.1 Å². The third-order valence-electron chi connectivity index (χ3n) is 5.04. The third kappa shape index (κ3) is 4.47. The zero-order valence-corrected chi connectivity index (χ0v) is 16.6. The minimum Gasteiger partial charge on any atom is -0.439 e. The Balaban J connectivity index is 1.69. The maximum absolute atomic E-state index is 13.7. The minimum atomic E-state index is -0.369. The number of aromatic nitrogens is 2. The van der Waals surface area contributed by atoms with Crippen LogP contribution < -0.4 is 10.1 Å². The number of nitrogens with one attached hydrogen (secondary N) is 1. The fraction of sp³-hybridized carbons (Fsp3) is 0.304. The average Bonchev–Trinajstić information content (AvgIpc) is 3.44. The molecule has 1 fully saturated rings. The number of carbonyl (C=O) groups is 1. The number of benzene rings is 2. The highest BCUT2D eigenvalue weighted by molar-refractivity contribution is 5.77. The molecule has 29 heavy (non-hydrogen) atoms. The van der Waals surface area contributed by atoms with Gasteiger partial charge in [0.25, 0.3) is 0 Å². The van der Waals surface area contributed by atoms with Crippen molar-refractivity contribution >= 4 is 5.91 Å². The maximum Gasteiger partial charge on any atom is 0.226 e. The highest BCUT2D eigenvalue weighted by atomic mass is 19.1. The molecule has 0 unspecified atom stereocenters. The molecule has 0 aliphatic heterocycles. The van der Waals surface area contributed by atoms with E-state index in [1.54, 1.807) is 16.8 Å². The lowest BCUT2D eigenvalue weighted by Crippen LogP contribution is -2.25. The number of amides is 1. The van der Waals surface area contributed by atoms with E-state index in [0.29, 0.717) is 30.5 Å². The van der Waals surface area contributed by atoms with E-state index in [1.807, 2.05) is 38.1 Å². The van der Waals surface area contributed by atoms with E-state index in [2.05, 4.69) is 10.4 Å². The van der Waals surface area contributed by atoms with Gasteiger partial charge in [-0.25, -0.2) is 4.39 Å². The van der Waals surface area contributed by atoms with Crippen molar-refractivity contribution in [3.05, 3.63) is 71.2 Å². The van der Waals surface area contributed by atoms with E-state index in [4.69, 9.17) is 4.74 Å². The number of aryl methyl sites for hydroxylation is 2. The van der Waals surface area contributed by atoms with Crippen LogP contribution in [0.1, 0.15) is 36.1 Å². The predicted molar refractivity (Wildman–Crippen MR) is 109 cm³/mol. The van der Waals surface area contributed by atoms with E-state index in [1.165, 1.54) is 12.1 Å². The van der Waals surface area contributed by atoms with Crippen LogP contribution in [-0.2, 0) is 11.2 Å². The molecule has 0 bridgehead atoms. The van der Waals surface area contributed by atoms with E-state index >= 15 is 0 Å². The van der Waals surface area contributed by atoms with Gasteiger partial charge in [0.15, 0.2) is 0 Å². The molecule has 0 saturated heterocycles. The lowest BCUT2D eigenvalue weighted by atomic mass is 10.1. The van der Waals surface area contributed by atoms with Crippen molar-refractivity contribution in [2.24, 2.45) is 0 Å². The van der Waals surface area contributed by atoms with Gasteiger partial charge in [0.2, 0.25) is 11.8 Å². The molecular formula is C23H24FN3O2. The summed E-state index contributed by atoms with van der Waals surface area (Å²) < 4.78 is 21.5. The van der Waals surface area contributed by atoms with E-state index in [0.717, 1.165) is 35.3 Å². The van der Waals surface area contributed by atoms with Crippen LogP contribution in [0.3, 0.4) is 0 Å². The van der Waals surface area contributed by atoms with Crippen LogP contribution >= 0.6 is 0 Å². The monoisotopic (exact) mass is 393 g/mol. The van der Waals surface area contributed by atoms with Gasteiger partial charge in [0.05, 0.1) is 11.4 Å².